The molecule has 8 nitrogen and oxygen atoms in total. The largest absolute Gasteiger partial charge is 0.493 e. The van der Waals surface area contributed by atoms with Crippen molar-refractivity contribution in [2.75, 3.05) is 63.8 Å². The number of methoxy groups -OCH3 is 2. The van der Waals surface area contributed by atoms with Crippen LogP contribution in [0.3, 0.4) is 0 Å². The summed E-state index contributed by atoms with van der Waals surface area (Å²) in [5, 5.41) is 2.94. The molecular weight excluding hydrogens is 434 g/mol. The van der Waals surface area contributed by atoms with E-state index in [1.807, 2.05) is 24.3 Å². The van der Waals surface area contributed by atoms with Gasteiger partial charge in [-0.05, 0) is 42.9 Å². The van der Waals surface area contributed by atoms with Crippen LogP contribution in [0.25, 0.3) is 0 Å². The highest BCUT2D eigenvalue weighted by Gasteiger charge is 2.18. The third-order valence-electron chi connectivity index (χ3n) is 5.34. The lowest BCUT2D eigenvalue weighted by Gasteiger charge is -2.35. The fraction of sp³-hybridized carbons (Fsp3) is 0.391. The number of amides is 1. The van der Waals surface area contributed by atoms with E-state index in [1.165, 1.54) is 26.4 Å². The van der Waals surface area contributed by atoms with Gasteiger partial charge in [-0.2, -0.15) is 0 Å². The highest BCUT2D eigenvalue weighted by molar-refractivity contribution is 6.32. The third kappa shape index (κ3) is 5.83. The van der Waals surface area contributed by atoms with E-state index in [2.05, 4.69) is 22.0 Å². The van der Waals surface area contributed by atoms with Crippen molar-refractivity contribution < 1.29 is 23.8 Å². The van der Waals surface area contributed by atoms with Crippen molar-refractivity contribution in [3.63, 3.8) is 0 Å². The fourth-order valence-corrected chi connectivity index (χ4v) is 3.81. The average molecular weight is 462 g/mol. The SMILES string of the molecule is CCN1CCN(c2ccc(NC(=O)COC(=O)c3cc(Cl)c(OC)c(OC)c3)cc2)CC1. The van der Waals surface area contributed by atoms with E-state index in [0.29, 0.717) is 17.2 Å². The van der Waals surface area contributed by atoms with Gasteiger partial charge in [0, 0.05) is 37.6 Å². The topological polar surface area (TPSA) is 80.3 Å². The molecule has 1 aliphatic rings. The van der Waals surface area contributed by atoms with E-state index in [4.69, 9.17) is 25.8 Å². The maximum atomic E-state index is 12.3. The van der Waals surface area contributed by atoms with Gasteiger partial charge in [-0.25, -0.2) is 4.79 Å². The highest BCUT2D eigenvalue weighted by Crippen LogP contribution is 2.36. The number of likely N-dealkylation sites (N-methyl/N-ethyl adjacent to an activating group) is 1. The number of esters is 1. The van der Waals surface area contributed by atoms with Gasteiger partial charge in [-0.1, -0.05) is 18.5 Å². The molecule has 1 saturated heterocycles. The number of benzene rings is 2. The molecule has 1 fully saturated rings. The molecule has 0 saturated carbocycles. The second-order valence-electron chi connectivity index (χ2n) is 7.29. The second kappa shape index (κ2) is 11.1. The second-order valence-corrected chi connectivity index (χ2v) is 7.69. The van der Waals surface area contributed by atoms with E-state index in [-0.39, 0.29) is 10.6 Å². The minimum atomic E-state index is -0.690. The van der Waals surface area contributed by atoms with Gasteiger partial charge in [0.1, 0.15) is 0 Å². The molecule has 1 heterocycles. The molecule has 1 aliphatic heterocycles. The Balaban J connectivity index is 1.52. The maximum Gasteiger partial charge on any atom is 0.338 e. The molecule has 2 aromatic carbocycles. The van der Waals surface area contributed by atoms with E-state index in [9.17, 15) is 9.59 Å². The summed E-state index contributed by atoms with van der Waals surface area (Å²) in [5.41, 5.74) is 1.92. The Morgan fingerprint density at radius 1 is 1.03 bits per heavy atom. The predicted octanol–water partition coefficient (Wildman–Crippen LogP) is 3.29. The molecule has 0 aromatic heterocycles. The molecular formula is C23H28ClN3O5. The summed E-state index contributed by atoms with van der Waals surface area (Å²) in [7, 11) is 2.89. The highest BCUT2D eigenvalue weighted by atomic mass is 35.5. The number of halogens is 1. The summed E-state index contributed by atoms with van der Waals surface area (Å²) < 4.78 is 15.4. The van der Waals surface area contributed by atoms with Crippen LogP contribution in [0.1, 0.15) is 17.3 Å². The van der Waals surface area contributed by atoms with E-state index < -0.39 is 18.5 Å². The summed E-state index contributed by atoms with van der Waals surface area (Å²) in [6, 6.07) is 10.5. The van der Waals surface area contributed by atoms with Crippen LogP contribution in [-0.4, -0.2) is 70.3 Å². The first-order valence-corrected chi connectivity index (χ1v) is 10.8. The van der Waals surface area contributed by atoms with E-state index in [0.717, 1.165) is 38.4 Å². The fourth-order valence-electron chi connectivity index (χ4n) is 3.53. The zero-order valence-corrected chi connectivity index (χ0v) is 19.3. The van der Waals surface area contributed by atoms with Crippen molar-refractivity contribution in [1.29, 1.82) is 0 Å². The van der Waals surface area contributed by atoms with Crippen molar-refractivity contribution >= 4 is 34.9 Å². The lowest BCUT2D eigenvalue weighted by molar-refractivity contribution is -0.119. The molecule has 0 aliphatic carbocycles. The molecule has 0 radical (unpaired) electrons. The van der Waals surface area contributed by atoms with Crippen molar-refractivity contribution in [2.24, 2.45) is 0 Å². The lowest BCUT2D eigenvalue weighted by atomic mass is 10.2. The number of rotatable bonds is 8. The van der Waals surface area contributed by atoms with Crippen LogP contribution >= 0.6 is 11.6 Å². The summed E-state index contributed by atoms with van der Waals surface area (Å²) in [4.78, 5) is 29.3. The van der Waals surface area contributed by atoms with Gasteiger partial charge in [0.25, 0.3) is 5.91 Å². The number of anilines is 2. The van der Waals surface area contributed by atoms with E-state index in [1.54, 1.807) is 0 Å². The van der Waals surface area contributed by atoms with Crippen LogP contribution in [-0.2, 0) is 9.53 Å². The number of nitrogens with one attached hydrogen (secondary N) is 1. The predicted molar refractivity (Wildman–Crippen MR) is 124 cm³/mol. The van der Waals surface area contributed by atoms with Crippen molar-refractivity contribution in [3.8, 4) is 11.5 Å². The van der Waals surface area contributed by atoms with E-state index >= 15 is 0 Å². The summed E-state index contributed by atoms with van der Waals surface area (Å²) in [6.07, 6.45) is 0. The zero-order valence-electron chi connectivity index (χ0n) is 18.5. The first-order valence-electron chi connectivity index (χ1n) is 10.4. The molecule has 1 N–H and O–H groups in total. The van der Waals surface area contributed by atoms with Gasteiger partial charge >= 0.3 is 5.97 Å². The Kier molecular flexibility index (Phi) is 8.19. The molecule has 0 unspecified atom stereocenters. The summed E-state index contributed by atoms with van der Waals surface area (Å²) >= 11 is 6.11. The molecule has 0 atom stereocenters. The molecule has 9 heteroatoms. The Labute approximate surface area is 193 Å². The Morgan fingerprint density at radius 2 is 1.72 bits per heavy atom. The number of nitrogens with zero attached hydrogens (tertiary/aromatic N) is 2. The van der Waals surface area contributed by atoms with Crippen molar-refractivity contribution in [3.05, 3.63) is 47.0 Å². The van der Waals surface area contributed by atoms with Crippen molar-refractivity contribution in [1.82, 2.24) is 4.90 Å². The van der Waals surface area contributed by atoms with Gasteiger partial charge in [-0.15, -0.1) is 0 Å². The first kappa shape index (κ1) is 23.7. The van der Waals surface area contributed by atoms with Gasteiger partial charge in [0.05, 0.1) is 24.8 Å². The minimum absolute atomic E-state index is 0.160. The van der Waals surface area contributed by atoms with Crippen LogP contribution in [0.4, 0.5) is 11.4 Å². The number of ether oxygens (including phenoxy) is 3. The standard InChI is InChI=1S/C23H28ClN3O5/c1-4-26-9-11-27(12-10-26)18-7-5-17(6-8-18)25-21(28)15-32-23(29)16-13-19(24)22(31-3)20(14-16)30-2/h5-8,13-14H,4,9-12,15H2,1-3H3,(H,25,28). The summed E-state index contributed by atoms with van der Waals surface area (Å²) in [5.74, 6) is -0.509. The first-order chi connectivity index (χ1) is 15.4. The van der Waals surface area contributed by atoms with Gasteiger partial charge in [0.15, 0.2) is 18.1 Å². The number of carbonyl (C=O) groups is 2. The molecule has 1 amide bonds. The smallest absolute Gasteiger partial charge is 0.338 e. The van der Waals surface area contributed by atoms with Crippen LogP contribution in [0.5, 0.6) is 11.5 Å². The number of carbonyl (C=O) groups excluding carboxylic acids is 2. The van der Waals surface area contributed by atoms with Gasteiger partial charge in [0.2, 0.25) is 0 Å². The Hall–Kier alpha value is -2.97. The van der Waals surface area contributed by atoms with Crippen LogP contribution in [0.15, 0.2) is 36.4 Å². The maximum absolute atomic E-state index is 12.3. The number of hydrogen-bond donors (Lipinski definition) is 1. The quantitative estimate of drug-likeness (QED) is 0.604. The molecule has 0 bridgehead atoms. The molecule has 32 heavy (non-hydrogen) atoms. The monoisotopic (exact) mass is 461 g/mol. The van der Waals surface area contributed by atoms with Crippen LogP contribution in [0, 0.1) is 0 Å². The molecule has 172 valence electrons. The molecule has 3 rings (SSSR count). The van der Waals surface area contributed by atoms with Crippen LogP contribution in [0.2, 0.25) is 5.02 Å². The molecule has 0 spiro atoms. The lowest BCUT2D eigenvalue weighted by Crippen LogP contribution is -2.46. The van der Waals surface area contributed by atoms with Gasteiger partial charge in [-0.3, -0.25) is 4.79 Å². The van der Waals surface area contributed by atoms with Crippen LogP contribution < -0.4 is 19.7 Å². The minimum Gasteiger partial charge on any atom is -0.493 e. The Morgan fingerprint density at radius 3 is 2.31 bits per heavy atom. The average Bonchev–Trinajstić information content (AvgIpc) is 2.82. The molecule has 2 aromatic rings. The number of hydrogen-bond acceptors (Lipinski definition) is 7. The van der Waals surface area contributed by atoms with Gasteiger partial charge < -0.3 is 29.3 Å². The third-order valence-corrected chi connectivity index (χ3v) is 5.62. The normalized spacial score (nSPS) is 14.1. The summed E-state index contributed by atoms with van der Waals surface area (Å²) in [6.45, 7) is 6.88. The van der Waals surface area contributed by atoms with Crippen molar-refractivity contribution in [2.45, 2.75) is 6.92 Å². The Bertz CT molecular complexity index is 943. The zero-order chi connectivity index (χ0) is 23.1. The number of piperazine rings is 1.